The molecule has 0 heterocycles. The number of rotatable bonds is 9. The van der Waals surface area contributed by atoms with Gasteiger partial charge in [0.05, 0.1) is 7.11 Å². The van der Waals surface area contributed by atoms with E-state index in [4.69, 9.17) is 4.74 Å². The molecule has 0 aromatic heterocycles. The maximum atomic E-state index is 11.6. The van der Waals surface area contributed by atoms with Gasteiger partial charge in [0, 0.05) is 19.6 Å². The van der Waals surface area contributed by atoms with Crippen LogP contribution in [0.2, 0.25) is 0 Å². The second-order valence-electron chi connectivity index (χ2n) is 5.03. The first kappa shape index (κ1) is 22.5. The molecule has 0 radical (unpaired) electrons. The molecule has 24 heavy (non-hydrogen) atoms. The fraction of sp³-hybridized carbons (Fsp3) is 0.529. The highest BCUT2D eigenvalue weighted by Crippen LogP contribution is 2.17. The summed E-state index contributed by atoms with van der Waals surface area (Å²) in [6.45, 7) is 6.29. The summed E-state index contributed by atoms with van der Waals surface area (Å²) in [4.78, 5) is 15.9. The Bertz CT molecular complexity index is 509. The Morgan fingerprint density at radius 3 is 2.54 bits per heavy atom. The molecule has 3 N–H and O–H groups in total. The number of ether oxygens (including phenoxy) is 1. The van der Waals surface area contributed by atoms with Gasteiger partial charge < -0.3 is 20.7 Å². The van der Waals surface area contributed by atoms with Crippen molar-refractivity contribution < 1.29 is 9.53 Å². The van der Waals surface area contributed by atoms with Crippen molar-refractivity contribution in [3.63, 3.8) is 0 Å². The maximum Gasteiger partial charge on any atom is 0.241 e. The minimum absolute atomic E-state index is 0. The number of para-hydroxylation sites is 1. The number of carbonyl (C=O) groups excluding carboxylic acids is 1. The minimum Gasteiger partial charge on any atom is -0.496 e. The third kappa shape index (κ3) is 8.95. The third-order valence-electron chi connectivity index (χ3n) is 3.18. The first-order valence-electron chi connectivity index (χ1n) is 8.12. The van der Waals surface area contributed by atoms with Crippen molar-refractivity contribution in [3.05, 3.63) is 29.8 Å². The van der Waals surface area contributed by atoms with Gasteiger partial charge in [0.1, 0.15) is 12.3 Å². The molecule has 7 heteroatoms. The predicted octanol–water partition coefficient (Wildman–Crippen LogP) is 1.94. The number of hydrogen-bond donors (Lipinski definition) is 3. The first-order valence-corrected chi connectivity index (χ1v) is 8.12. The summed E-state index contributed by atoms with van der Waals surface area (Å²) in [7, 11) is 1.67. The number of guanidine groups is 1. The van der Waals surface area contributed by atoms with Gasteiger partial charge in [0.15, 0.2) is 5.96 Å². The van der Waals surface area contributed by atoms with Crippen molar-refractivity contribution >= 4 is 35.8 Å². The number of nitrogens with zero attached hydrogens (tertiary/aromatic N) is 1. The van der Waals surface area contributed by atoms with E-state index in [1.165, 1.54) is 0 Å². The molecule has 0 aliphatic carbocycles. The van der Waals surface area contributed by atoms with E-state index in [0.29, 0.717) is 19.0 Å². The molecule has 0 aliphatic heterocycles. The number of hydrogen-bond acceptors (Lipinski definition) is 3. The highest BCUT2D eigenvalue weighted by molar-refractivity contribution is 14.0. The zero-order valence-electron chi connectivity index (χ0n) is 14.7. The van der Waals surface area contributed by atoms with Gasteiger partial charge in [-0.1, -0.05) is 25.1 Å². The first-order chi connectivity index (χ1) is 11.2. The van der Waals surface area contributed by atoms with Gasteiger partial charge in [-0.15, -0.1) is 24.0 Å². The van der Waals surface area contributed by atoms with E-state index in [2.05, 4.69) is 20.9 Å². The van der Waals surface area contributed by atoms with E-state index < -0.39 is 0 Å². The van der Waals surface area contributed by atoms with E-state index in [-0.39, 0.29) is 36.4 Å². The third-order valence-corrected chi connectivity index (χ3v) is 3.18. The molecule has 1 aromatic carbocycles. The lowest BCUT2D eigenvalue weighted by atomic mass is 10.1. The Hall–Kier alpha value is -1.51. The molecule has 1 amide bonds. The van der Waals surface area contributed by atoms with Gasteiger partial charge >= 0.3 is 0 Å². The molecule has 0 saturated heterocycles. The van der Waals surface area contributed by atoms with Crippen LogP contribution in [0.5, 0.6) is 5.75 Å². The average Bonchev–Trinajstić information content (AvgIpc) is 2.58. The van der Waals surface area contributed by atoms with Gasteiger partial charge in [0.2, 0.25) is 5.91 Å². The second-order valence-corrected chi connectivity index (χ2v) is 5.03. The topological polar surface area (TPSA) is 74.8 Å². The molecule has 136 valence electrons. The van der Waals surface area contributed by atoms with Gasteiger partial charge in [0.25, 0.3) is 0 Å². The normalized spacial score (nSPS) is 10.5. The maximum absolute atomic E-state index is 11.6. The largest absolute Gasteiger partial charge is 0.496 e. The smallest absolute Gasteiger partial charge is 0.241 e. The van der Waals surface area contributed by atoms with Crippen molar-refractivity contribution in [2.75, 3.05) is 33.3 Å². The molecule has 0 aliphatic rings. The van der Waals surface area contributed by atoms with E-state index in [1.807, 2.05) is 38.1 Å². The molecular weight excluding hydrogens is 419 g/mol. The van der Waals surface area contributed by atoms with E-state index >= 15 is 0 Å². The van der Waals surface area contributed by atoms with E-state index in [9.17, 15) is 4.79 Å². The summed E-state index contributed by atoms with van der Waals surface area (Å²) in [5.74, 6) is 1.47. The van der Waals surface area contributed by atoms with Crippen LogP contribution in [0.1, 0.15) is 25.8 Å². The monoisotopic (exact) mass is 448 g/mol. The molecular formula is C17H29IN4O2. The minimum atomic E-state index is -0.0613. The summed E-state index contributed by atoms with van der Waals surface area (Å²) in [6, 6.07) is 7.95. The van der Waals surface area contributed by atoms with Crippen LogP contribution in [0.4, 0.5) is 0 Å². The van der Waals surface area contributed by atoms with Crippen LogP contribution in [0.15, 0.2) is 29.3 Å². The lowest BCUT2D eigenvalue weighted by Crippen LogP contribution is -2.39. The Kier molecular flexibility index (Phi) is 13.0. The fourth-order valence-electron chi connectivity index (χ4n) is 2.04. The molecule has 0 unspecified atom stereocenters. The SMILES string of the molecule is CCCNC(=O)CN=C(NCC)NCCc1ccccc1OC.I. The summed E-state index contributed by atoms with van der Waals surface area (Å²) in [6.07, 6.45) is 1.74. The number of nitrogens with one attached hydrogen (secondary N) is 3. The standard InChI is InChI=1S/C17H28N4O2.HI/c1-4-11-19-16(22)13-21-17(18-5-2)20-12-10-14-8-6-7-9-15(14)23-3;/h6-9H,4-5,10-13H2,1-3H3,(H,19,22)(H2,18,20,21);1H. The number of methoxy groups -OCH3 is 1. The molecule has 0 fully saturated rings. The number of benzene rings is 1. The molecule has 0 saturated carbocycles. The molecule has 0 bridgehead atoms. The van der Waals surface area contributed by atoms with Crippen LogP contribution in [-0.2, 0) is 11.2 Å². The van der Waals surface area contributed by atoms with Crippen LogP contribution in [0.25, 0.3) is 0 Å². The van der Waals surface area contributed by atoms with Crippen molar-refractivity contribution in [2.24, 2.45) is 4.99 Å². The summed E-state index contributed by atoms with van der Waals surface area (Å²) in [5.41, 5.74) is 1.14. The lowest BCUT2D eigenvalue weighted by molar-refractivity contribution is -0.119. The number of halogens is 1. The van der Waals surface area contributed by atoms with Crippen molar-refractivity contribution in [2.45, 2.75) is 26.7 Å². The van der Waals surface area contributed by atoms with Crippen LogP contribution >= 0.6 is 24.0 Å². The lowest BCUT2D eigenvalue weighted by Gasteiger charge is -2.12. The van der Waals surface area contributed by atoms with Gasteiger partial charge in [-0.25, -0.2) is 4.99 Å². The quantitative estimate of drug-likeness (QED) is 0.307. The number of amides is 1. The van der Waals surface area contributed by atoms with Crippen LogP contribution in [-0.4, -0.2) is 45.2 Å². The highest BCUT2D eigenvalue weighted by atomic mass is 127. The zero-order valence-corrected chi connectivity index (χ0v) is 17.1. The average molecular weight is 448 g/mol. The molecule has 6 nitrogen and oxygen atoms in total. The number of aliphatic imine (C=N–C) groups is 1. The molecule has 0 spiro atoms. The van der Waals surface area contributed by atoms with Crippen molar-refractivity contribution in [1.82, 2.24) is 16.0 Å². The Labute approximate surface area is 161 Å². The van der Waals surface area contributed by atoms with E-state index in [1.54, 1.807) is 7.11 Å². The van der Waals surface area contributed by atoms with E-state index in [0.717, 1.165) is 30.7 Å². The zero-order chi connectivity index (χ0) is 16.9. The molecule has 1 aromatic rings. The van der Waals surface area contributed by atoms with Gasteiger partial charge in [-0.05, 0) is 31.4 Å². The van der Waals surface area contributed by atoms with Crippen LogP contribution in [0, 0.1) is 0 Å². The summed E-state index contributed by atoms with van der Waals surface area (Å²) < 4.78 is 5.34. The predicted molar refractivity (Wildman–Crippen MR) is 109 cm³/mol. The Morgan fingerprint density at radius 1 is 1.12 bits per heavy atom. The molecule has 1 rings (SSSR count). The number of carbonyl (C=O) groups is 1. The summed E-state index contributed by atoms with van der Waals surface area (Å²) in [5, 5.41) is 9.18. The Balaban J connectivity index is 0.00000529. The highest BCUT2D eigenvalue weighted by Gasteiger charge is 2.04. The Morgan fingerprint density at radius 2 is 1.88 bits per heavy atom. The van der Waals surface area contributed by atoms with Crippen molar-refractivity contribution in [3.8, 4) is 5.75 Å². The molecule has 0 atom stereocenters. The fourth-order valence-corrected chi connectivity index (χ4v) is 2.04. The second kappa shape index (κ2) is 13.9. The summed E-state index contributed by atoms with van der Waals surface area (Å²) >= 11 is 0. The van der Waals surface area contributed by atoms with Gasteiger partial charge in [-0.2, -0.15) is 0 Å². The van der Waals surface area contributed by atoms with Crippen LogP contribution in [0.3, 0.4) is 0 Å². The van der Waals surface area contributed by atoms with Crippen LogP contribution < -0.4 is 20.7 Å². The van der Waals surface area contributed by atoms with Crippen molar-refractivity contribution in [1.29, 1.82) is 0 Å². The van der Waals surface area contributed by atoms with Gasteiger partial charge in [-0.3, -0.25) is 4.79 Å².